The molecular formula is C29H26ClF3N6O4. The van der Waals surface area contributed by atoms with Crippen molar-refractivity contribution in [3.05, 3.63) is 86.4 Å². The van der Waals surface area contributed by atoms with Crippen LogP contribution in [0, 0.1) is 21.8 Å². The van der Waals surface area contributed by atoms with E-state index in [1.54, 1.807) is 28.0 Å². The van der Waals surface area contributed by atoms with E-state index in [1.165, 1.54) is 24.3 Å². The Morgan fingerprint density at radius 2 is 1.91 bits per heavy atom. The molecule has 0 unspecified atom stereocenters. The van der Waals surface area contributed by atoms with Crippen molar-refractivity contribution in [3.63, 3.8) is 0 Å². The number of carbonyl (C=O) groups excluding carboxylic acids is 2. The van der Waals surface area contributed by atoms with Gasteiger partial charge in [-0.3, -0.25) is 14.6 Å². The van der Waals surface area contributed by atoms with Gasteiger partial charge < -0.3 is 25.2 Å². The standard InChI is InChI=1S/C29H26ClF3N6O4/c30-17-10-20(25(26(32)33)34-12-17)27(40)35-19-7-4-16(5-8-19)13-38-22-11-18(31)6-9-21(22)29(28(38)41)14-37(15-29)23-2-1-3-24(36-23)39(42)43/h1-3,6,9-12,16,19,26H,4-5,7-8,13-15H2,(H,35,40). The number of nitro groups is 1. The van der Waals surface area contributed by atoms with Gasteiger partial charge >= 0.3 is 5.82 Å². The Labute approximate surface area is 249 Å². The van der Waals surface area contributed by atoms with E-state index < -0.39 is 34.2 Å². The highest BCUT2D eigenvalue weighted by Crippen LogP contribution is 2.49. The Morgan fingerprint density at radius 3 is 2.60 bits per heavy atom. The fraction of sp³-hybridized carbons (Fsp3) is 0.379. The van der Waals surface area contributed by atoms with Crippen molar-refractivity contribution in [1.29, 1.82) is 0 Å². The van der Waals surface area contributed by atoms with Crippen LogP contribution in [0.2, 0.25) is 5.02 Å². The van der Waals surface area contributed by atoms with Crippen molar-refractivity contribution < 1.29 is 27.7 Å². The normalized spacial score (nSPS) is 20.7. The van der Waals surface area contributed by atoms with Crippen molar-refractivity contribution in [2.24, 2.45) is 5.92 Å². The number of carbonyl (C=O) groups is 2. The summed E-state index contributed by atoms with van der Waals surface area (Å²) in [5.74, 6) is -1.10. The number of alkyl halides is 2. The molecule has 1 saturated heterocycles. The Balaban J connectivity index is 1.12. The maximum Gasteiger partial charge on any atom is 0.365 e. The Morgan fingerprint density at radius 1 is 1.16 bits per heavy atom. The van der Waals surface area contributed by atoms with E-state index in [9.17, 15) is 32.9 Å². The van der Waals surface area contributed by atoms with E-state index in [1.807, 2.05) is 0 Å². The highest BCUT2D eigenvalue weighted by molar-refractivity contribution is 6.30. The highest BCUT2D eigenvalue weighted by Gasteiger charge is 2.59. The number of halogens is 4. The predicted molar refractivity (Wildman–Crippen MR) is 151 cm³/mol. The average molecular weight is 615 g/mol. The fourth-order valence-corrected chi connectivity index (χ4v) is 6.53. The van der Waals surface area contributed by atoms with E-state index in [4.69, 9.17) is 11.6 Å². The molecule has 1 N–H and O–H groups in total. The zero-order valence-electron chi connectivity index (χ0n) is 22.7. The number of aromatic nitrogens is 2. The number of amides is 2. The van der Waals surface area contributed by atoms with Crippen LogP contribution in [-0.4, -0.2) is 52.4 Å². The van der Waals surface area contributed by atoms with Gasteiger partial charge in [0.15, 0.2) is 0 Å². The Hall–Kier alpha value is -4.26. The van der Waals surface area contributed by atoms with Gasteiger partial charge in [-0.25, -0.2) is 13.2 Å². The molecule has 10 nitrogen and oxygen atoms in total. The molecule has 224 valence electrons. The number of rotatable bonds is 7. The first kappa shape index (κ1) is 28.8. The highest BCUT2D eigenvalue weighted by atomic mass is 35.5. The lowest BCUT2D eigenvalue weighted by atomic mass is 9.74. The number of nitrogens with one attached hydrogen (secondary N) is 1. The van der Waals surface area contributed by atoms with Gasteiger partial charge in [-0.15, -0.1) is 0 Å². The summed E-state index contributed by atoms with van der Waals surface area (Å²) in [6.07, 6.45) is 0.614. The molecule has 2 fully saturated rings. The minimum absolute atomic E-state index is 0.0717. The maximum atomic E-state index is 14.4. The molecule has 0 atom stereocenters. The van der Waals surface area contributed by atoms with Gasteiger partial charge in [0.25, 0.3) is 12.3 Å². The molecular weight excluding hydrogens is 589 g/mol. The van der Waals surface area contributed by atoms with Crippen LogP contribution < -0.4 is 15.1 Å². The number of hydrogen-bond acceptors (Lipinski definition) is 7. The molecule has 14 heteroatoms. The predicted octanol–water partition coefficient (Wildman–Crippen LogP) is 5.21. The lowest BCUT2D eigenvalue weighted by Crippen LogP contribution is -2.64. The van der Waals surface area contributed by atoms with E-state index in [0.717, 1.165) is 6.20 Å². The Bertz CT molecular complexity index is 1610. The molecule has 2 aromatic heterocycles. The first-order valence-electron chi connectivity index (χ1n) is 13.8. The second kappa shape index (κ2) is 11.1. The fourth-order valence-electron chi connectivity index (χ4n) is 6.38. The number of pyridine rings is 2. The second-order valence-corrected chi connectivity index (χ2v) is 11.6. The molecule has 6 rings (SSSR count). The third kappa shape index (κ3) is 5.26. The van der Waals surface area contributed by atoms with Crippen LogP contribution in [-0.2, 0) is 10.2 Å². The maximum absolute atomic E-state index is 14.4. The van der Waals surface area contributed by atoms with Crippen LogP contribution in [0.4, 0.5) is 30.5 Å². The summed E-state index contributed by atoms with van der Waals surface area (Å²) in [4.78, 5) is 48.4. The van der Waals surface area contributed by atoms with Gasteiger partial charge in [-0.2, -0.15) is 0 Å². The molecule has 3 aliphatic rings. The average Bonchev–Trinajstić information content (AvgIpc) is 3.19. The monoisotopic (exact) mass is 614 g/mol. The van der Waals surface area contributed by atoms with Gasteiger partial charge in [0, 0.05) is 44.0 Å². The summed E-state index contributed by atoms with van der Waals surface area (Å²) in [5, 5.41) is 14.1. The van der Waals surface area contributed by atoms with Crippen molar-refractivity contribution in [1.82, 2.24) is 15.3 Å². The molecule has 1 aliphatic carbocycles. The van der Waals surface area contributed by atoms with Crippen LogP contribution >= 0.6 is 11.6 Å². The summed E-state index contributed by atoms with van der Waals surface area (Å²) in [7, 11) is 0. The first-order valence-corrected chi connectivity index (χ1v) is 14.2. The molecule has 1 aromatic carbocycles. The van der Waals surface area contributed by atoms with Gasteiger partial charge in [0.1, 0.15) is 16.9 Å². The van der Waals surface area contributed by atoms with Gasteiger partial charge in [0.2, 0.25) is 11.7 Å². The van der Waals surface area contributed by atoms with Crippen LogP contribution in [0.5, 0.6) is 0 Å². The van der Waals surface area contributed by atoms with Gasteiger partial charge in [-0.1, -0.05) is 17.7 Å². The molecule has 1 spiro atoms. The Kier molecular flexibility index (Phi) is 7.45. The minimum Gasteiger partial charge on any atom is -0.358 e. The van der Waals surface area contributed by atoms with E-state index in [0.29, 0.717) is 49.3 Å². The molecule has 0 radical (unpaired) electrons. The van der Waals surface area contributed by atoms with Gasteiger partial charge in [-0.05, 0) is 71.3 Å². The minimum atomic E-state index is -2.92. The molecule has 3 aromatic rings. The zero-order chi connectivity index (χ0) is 30.5. The smallest absolute Gasteiger partial charge is 0.358 e. The SMILES string of the molecule is O=C(NC1CCC(CN2C(=O)C3(CN(c4cccc([N+](=O)[O-])n4)C3)c3ccc(F)cc32)CC1)c1cc(Cl)cnc1C(F)F. The number of fused-ring (bicyclic) bond motifs is 2. The summed E-state index contributed by atoms with van der Waals surface area (Å²) in [6, 6.07) is 9.74. The molecule has 4 heterocycles. The van der Waals surface area contributed by atoms with Crippen molar-refractivity contribution >= 4 is 40.7 Å². The number of benzene rings is 1. The summed E-state index contributed by atoms with van der Waals surface area (Å²) < 4.78 is 41.1. The third-order valence-electron chi connectivity index (χ3n) is 8.53. The summed E-state index contributed by atoms with van der Waals surface area (Å²) >= 11 is 5.88. The van der Waals surface area contributed by atoms with E-state index >= 15 is 0 Å². The topological polar surface area (TPSA) is 122 Å². The molecule has 43 heavy (non-hydrogen) atoms. The number of hydrogen-bond donors (Lipinski definition) is 1. The molecule has 2 amide bonds. The second-order valence-electron chi connectivity index (χ2n) is 11.2. The molecule has 2 aliphatic heterocycles. The summed E-state index contributed by atoms with van der Waals surface area (Å²) in [5.41, 5.74) is -0.565. The van der Waals surface area contributed by atoms with E-state index in [-0.39, 0.29) is 47.4 Å². The van der Waals surface area contributed by atoms with Crippen molar-refractivity contribution in [2.45, 2.75) is 43.6 Å². The third-order valence-corrected chi connectivity index (χ3v) is 8.74. The first-order chi connectivity index (χ1) is 20.6. The quantitative estimate of drug-likeness (QED) is 0.286. The van der Waals surface area contributed by atoms with Crippen molar-refractivity contribution in [2.75, 3.05) is 29.4 Å². The largest absolute Gasteiger partial charge is 0.365 e. The van der Waals surface area contributed by atoms with Gasteiger partial charge in [0.05, 0.1) is 16.3 Å². The lowest BCUT2D eigenvalue weighted by molar-refractivity contribution is -0.389. The molecule has 1 saturated carbocycles. The van der Waals surface area contributed by atoms with E-state index in [2.05, 4.69) is 15.3 Å². The zero-order valence-corrected chi connectivity index (χ0v) is 23.4. The van der Waals surface area contributed by atoms with Crippen molar-refractivity contribution in [3.8, 4) is 0 Å². The number of nitrogens with zero attached hydrogens (tertiary/aromatic N) is 5. The van der Waals surface area contributed by atoms with Crippen LogP contribution in [0.15, 0.2) is 48.7 Å². The summed E-state index contributed by atoms with van der Waals surface area (Å²) in [6.45, 7) is 0.875. The van der Waals surface area contributed by atoms with Crippen LogP contribution in [0.3, 0.4) is 0 Å². The number of anilines is 2. The molecule has 0 bridgehead atoms. The lowest BCUT2D eigenvalue weighted by Gasteiger charge is -2.46. The van der Waals surface area contributed by atoms with Crippen LogP contribution in [0.25, 0.3) is 0 Å². The van der Waals surface area contributed by atoms with Crippen LogP contribution in [0.1, 0.15) is 53.7 Å².